The minimum Gasteiger partial charge on any atom is -0.314 e. The van der Waals surface area contributed by atoms with Crippen LogP contribution in [0.2, 0.25) is 0 Å². The Morgan fingerprint density at radius 2 is 1.71 bits per heavy atom. The van der Waals surface area contributed by atoms with Gasteiger partial charge in [0, 0.05) is 12.1 Å². The zero-order valence-electron chi connectivity index (χ0n) is 12.8. The van der Waals surface area contributed by atoms with Gasteiger partial charge in [0.2, 0.25) is 0 Å². The lowest BCUT2D eigenvalue weighted by Gasteiger charge is -2.26. The summed E-state index contributed by atoms with van der Waals surface area (Å²) in [4.78, 5) is 2.53. The quantitative estimate of drug-likeness (QED) is 0.556. The number of nitrogens with one attached hydrogen (secondary N) is 1. The molecule has 0 aromatic heterocycles. The second kappa shape index (κ2) is 11.0. The summed E-state index contributed by atoms with van der Waals surface area (Å²) in [7, 11) is 2.27. The Labute approximate surface area is 109 Å². The van der Waals surface area contributed by atoms with Crippen LogP contribution in [-0.4, -0.2) is 37.1 Å². The average molecular weight is 242 g/mol. The van der Waals surface area contributed by atoms with E-state index in [2.05, 4.69) is 45.0 Å². The van der Waals surface area contributed by atoms with Crippen LogP contribution in [0, 0.1) is 0 Å². The highest BCUT2D eigenvalue weighted by molar-refractivity contribution is 4.66. The van der Waals surface area contributed by atoms with Crippen molar-refractivity contribution in [2.24, 2.45) is 0 Å². The van der Waals surface area contributed by atoms with Gasteiger partial charge in [-0.25, -0.2) is 0 Å². The normalized spacial score (nSPS) is 13.6. The van der Waals surface area contributed by atoms with Crippen molar-refractivity contribution < 1.29 is 0 Å². The SMILES string of the molecule is CCCNC(C)CCCCN(C)C(CC)CC. The molecule has 0 aliphatic heterocycles. The summed E-state index contributed by atoms with van der Waals surface area (Å²) in [6.07, 6.45) is 7.80. The first kappa shape index (κ1) is 16.9. The van der Waals surface area contributed by atoms with E-state index in [1.165, 1.54) is 45.1 Å². The maximum atomic E-state index is 3.55. The van der Waals surface area contributed by atoms with Gasteiger partial charge in [0.15, 0.2) is 0 Å². The molecule has 0 spiro atoms. The maximum Gasteiger partial charge on any atom is 0.00869 e. The molecule has 0 saturated carbocycles. The van der Waals surface area contributed by atoms with Crippen molar-refractivity contribution in [3.63, 3.8) is 0 Å². The zero-order valence-corrected chi connectivity index (χ0v) is 12.8. The van der Waals surface area contributed by atoms with E-state index >= 15 is 0 Å². The Morgan fingerprint density at radius 3 is 2.24 bits per heavy atom. The standard InChI is InChI=1S/C15H34N2/c1-6-12-16-14(4)11-9-10-13-17(5)15(7-2)8-3/h14-16H,6-13H2,1-5H3. The lowest BCUT2D eigenvalue weighted by Crippen LogP contribution is -2.31. The van der Waals surface area contributed by atoms with E-state index < -0.39 is 0 Å². The molecule has 0 bridgehead atoms. The minimum atomic E-state index is 0.688. The van der Waals surface area contributed by atoms with Crippen LogP contribution >= 0.6 is 0 Å². The zero-order chi connectivity index (χ0) is 13.1. The molecule has 0 radical (unpaired) electrons. The largest absolute Gasteiger partial charge is 0.314 e. The van der Waals surface area contributed by atoms with Gasteiger partial charge in [-0.1, -0.05) is 27.2 Å². The monoisotopic (exact) mass is 242 g/mol. The van der Waals surface area contributed by atoms with Crippen molar-refractivity contribution in [1.82, 2.24) is 10.2 Å². The first-order chi connectivity index (χ1) is 8.15. The van der Waals surface area contributed by atoms with Crippen LogP contribution in [0.15, 0.2) is 0 Å². The summed E-state index contributed by atoms with van der Waals surface area (Å²) in [5.41, 5.74) is 0. The fraction of sp³-hybridized carbons (Fsp3) is 1.00. The number of hydrogen-bond donors (Lipinski definition) is 1. The Balaban J connectivity index is 3.49. The van der Waals surface area contributed by atoms with E-state index in [9.17, 15) is 0 Å². The van der Waals surface area contributed by atoms with Gasteiger partial charge in [0.1, 0.15) is 0 Å². The van der Waals surface area contributed by atoms with E-state index in [4.69, 9.17) is 0 Å². The van der Waals surface area contributed by atoms with Gasteiger partial charge in [-0.15, -0.1) is 0 Å². The molecule has 1 atom stereocenters. The van der Waals surface area contributed by atoms with Crippen molar-refractivity contribution in [1.29, 1.82) is 0 Å². The summed E-state index contributed by atoms with van der Waals surface area (Å²) >= 11 is 0. The topological polar surface area (TPSA) is 15.3 Å². The molecular weight excluding hydrogens is 208 g/mol. The van der Waals surface area contributed by atoms with Gasteiger partial charge in [-0.05, 0) is 59.2 Å². The molecule has 0 fully saturated rings. The van der Waals surface area contributed by atoms with Crippen molar-refractivity contribution in [2.75, 3.05) is 20.1 Å². The smallest absolute Gasteiger partial charge is 0.00869 e. The molecule has 0 aliphatic rings. The van der Waals surface area contributed by atoms with Crippen LogP contribution < -0.4 is 5.32 Å². The molecule has 104 valence electrons. The number of rotatable bonds is 11. The molecule has 0 rings (SSSR count). The number of hydrogen-bond acceptors (Lipinski definition) is 2. The van der Waals surface area contributed by atoms with Crippen LogP contribution in [0.1, 0.15) is 66.2 Å². The van der Waals surface area contributed by atoms with Crippen molar-refractivity contribution in [3.05, 3.63) is 0 Å². The molecule has 0 aromatic rings. The molecule has 0 saturated heterocycles. The molecule has 2 nitrogen and oxygen atoms in total. The van der Waals surface area contributed by atoms with E-state index in [0.29, 0.717) is 6.04 Å². The molecule has 0 aliphatic carbocycles. The molecule has 17 heavy (non-hydrogen) atoms. The fourth-order valence-electron chi connectivity index (χ4n) is 2.40. The van der Waals surface area contributed by atoms with Crippen molar-refractivity contribution >= 4 is 0 Å². The Kier molecular flexibility index (Phi) is 11.0. The predicted molar refractivity (Wildman–Crippen MR) is 78.6 cm³/mol. The third-order valence-electron chi connectivity index (χ3n) is 3.71. The van der Waals surface area contributed by atoms with Gasteiger partial charge < -0.3 is 10.2 Å². The molecule has 0 heterocycles. The Bertz CT molecular complexity index is 155. The number of unbranched alkanes of at least 4 members (excludes halogenated alkanes) is 1. The maximum absolute atomic E-state index is 3.55. The summed E-state index contributed by atoms with van der Waals surface area (Å²) in [5, 5.41) is 3.55. The minimum absolute atomic E-state index is 0.688. The van der Waals surface area contributed by atoms with Crippen molar-refractivity contribution in [3.8, 4) is 0 Å². The Hall–Kier alpha value is -0.0800. The van der Waals surface area contributed by atoms with Gasteiger partial charge in [0.25, 0.3) is 0 Å². The van der Waals surface area contributed by atoms with Crippen LogP contribution in [0.3, 0.4) is 0 Å². The van der Waals surface area contributed by atoms with E-state index in [-0.39, 0.29) is 0 Å². The predicted octanol–water partition coefficient (Wildman–Crippen LogP) is 3.67. The molecule has 0 amide bonds. The molecular formula is C15H34N2. The Morgan fingerprint density at radius 1 is 1.06 bits per heavy atom. The second-order valence-corrected chi connectivity index (χ2v) is 5.30. The van der Waals surface area contributed by atoms with E-state index in [1.807, 2.05) is 0 Å². The van der Waals surface area contributed by atoms with Gasteiger partial charge >= 0.3 is 0 Å². The third-order valence-corrected chi connectivity index (χ3v) is 3.71. The first-order valence-electron chi connectivity index (χ1n) is 7.59. The molecule has 2 heteroatoms. The second-order valence-electron chi connectivity index (χ2n) is 5.30. The van der Waals surface area contributed by atoms with Crippen LogP contribution in [0.4, 0.5) is 0 Å². The highest BCUT2D eigenvalue weighted by Crippen LogP contribution is 2.08. The van der Waals surface area contributed by atoms with Gasteiger partial charge in [-0.2, -0.15) is 0 Å². The van der Waals surface area contributed by atoms with Crippen LogP contribution in [0.5, 0.6) is 0 Å². The summed E-state index contributed by atoms with van der Waals surface area (Å²) in [5.74, 6) is 0. The third kappa shape index (κ3) is 8.62. The van der Waals surface area contributed by atoms with E-state index in [1.54, 1.807) is 0 Å². The highest BCUT2D eigenvalue weighted by atomic mass is 15.1. The summed E-state index contributed by atoms with van der Waals surface area (Å²) < 4.78 is 0. The summed E-state index contributed by atoms with van der Waals surface area (Å²) in [6.45, 7) is 11.5. The lowest BCUT2D eigenvalue weighted by molar-refractivity contribution is 0.224. The van der Waals surface area contributed by atoms with Crippen LogP contribution in [-0.2, 0) is 0 Å². The fourth-order valence-corrected chi connectivity index (χ4v) is 2.40. The van der Waals surface area contributed by atoms with Gasteiger partial charge in [0.05, 0.1) is 0 Å². The molecule has 0 aromatic carbocycles. The molecule has 1 unspecified atom stereocenters. The van der Waals surface area contributed by atoms with Crippen LogP contribution in [0.25, 0.3) is 0 Å². The summed E-state index contributed by atoms with van der Waals surface area (Å²) in [6, 6.07) is 1.47. The van der Waals surface area contributed by atoms with Gasteiger partial charge in [-0.3, -0.25) is 0 Å². The highest BCUT2D eigenvalue weighted by Gasteiger charge is 2.09. The average Bonchev–Trinajstić information content (AvgIpc) is 2.33. The number of nitrogens with zero attached hydrogens (tertiary/aromatic N) is 1. The van der Waals surface area contributed by atoms with Crippen molar-refractivity contribution in [2.45, 2.75) is 78.3 Å². The van der Waals surface area contributed by atoms with E-state index in [0.717, 1.165) is 12.6 Å². The molecule has 1 N–H and O–H groups in total. The first-order valence-corrected chi connectivity index (χ1v) is 7.59. The lowest BCUT2D eigenvalue weighted by atomic mass is 10.1.